The quantitative estimate of drug-likeness (QED) is 0.812. The van der Waals surface area contributed by atoms with E-state index in [9.17, 15) is 8.42 Å². The van der Waals surface area contributed by atoms with Crippen LogP contribution in [-0.4, -0.2) is 27.7 Å². The third kappa shape index (κ3) is 3.60. The molecule has 1 aliphatic rings. The summed E-state index contributed by atoms with van der Waals surface area (Å²) in [5.41, 5.74) is 5.82. The van der Waals surface area contributed by atoms with Gasteiger partial charge in [0.2, 0.25) is 10.0 Å². The van der Waals surface area contributed by atoms with Gasteiger partial charge < -0.3 is 10.5 Å². The number of hydrogen-bond acceptors (Lipinski definition) is 4. The molecule has 0 spiro atoms. The highest BCUT2D eigenvalue weighted by molar-refractivity contribution is 7.89. The lowest BCUT2D eigenvalue weighted by Gasteiger charge is -2.12. The van der Waals surface area contributed by atoms with Crippen molar-refractivity contribution < 1.29 is 13.2 Å². The summed E-state index contributed by atoms with van der Waals surface area (Å²) in [6.45, 7) is 1.08. The molecule has 5 nitrogen and oxygen atoms in total. The third-order valence-electron chi connectivity index (χ3n) is 3.05. The molecular weight excluding hydrogens is 288 g/mol. The van der Waals surface area contributed by atoms with E-state index in [1.54, 1.807) is 6.07 Å². The number of benzene rings is 1. The van der Waals surface area contributed by atoms with Gasteiger partial charge in [0.25, 0.3) is 0 Å². The van der Waals surface area contributed by atoms with Gasteiger partial charge in [0.1, 0.15) is 4.90 Å². The Morgan fingerprint density at radius 3 is 2.89 bits per heavy atom. The van der Waals surface area contributed by atoms with E-state index in [2.05, 4.69) is 4.72 Å². The van der Waals surface area contributed by atoms with Crippen molar-refractivity contribution in [2.24, 2.45) is 0 Å². The van der Waals surface area contributed by atoms with Gasteiger partial charge in [-0.15, -0.1) is 0 Å². The highest BCUT2D eigenvalue weighted by Crippen LogP contribution is 2.26. The standard InChI is InChI=1S/C12H17ClN2O3S/c13-10-4-1-5-11(14)12(10)19(16,17)15-7-6-9-3-2-8-18-9/h1,4-5,9,15H,2-3,6-8,14H2. The summed E-state index contributed by atoms with van der Waals surface area (Å²) < 4.78 is 32.2. The predicted molar refractivity (Wildman–Crippen MR) is 74.6 cm³/mol. The minimum atomic E-state index is -3.68. The van der Waals surface area contributed by atoms with Crippen LogP contribution in [0, 0.1) is 0 Å². The zero-order chi connectivity index (χ0) is 13.9. The van der Waals surface area contributed by atoms with Crippen LogP contribution in [0.25, 0.3) is 0 Å². The van der Waals surface area contributed by atoms with Gasteiger partial charge in [0, 0.05) is 13.2 Å². The number of sulfonamides is 1. The number of halogens is 1. The Kier molecular flexibility index (Phi) is 4.67. The fourth-order valence-electron chi connectivity index (χ4n) is 2.11. The number of ether oxygens (including phenoxy) is 1. The maximum atomic E-state index is 12.1. The van der Waals surface area contributed by atoms with E-state index < -0.39 is 10.0 Å². The first-order chi connectivity index (χ1) is 9.00. The van der Waals surface area contributed by atoms with E-state index in [-0.39, 0.29) is 21.7 Å². The molecule has 1 unspecified atom stereocenters. The molecule has 1 aromatic carbocycles. The minimum Gasteiger partial charge on any atom is -0.398 e. The van der Waals surface area contributed by atoms with Gasteiger partial charge in [-0.2, -0.15) is 0 Å². The van der Waals surface area contributed by atoms with E-state index in [4.69, 9.17) is 22.1 Å². The van der Waals surface area contributed by atoms with Crippen LogP contribution >= 0.6 is 11.6 Å². The Balaban J connectivity index is 2.01. The van der Waals surface area contributed by atoms with Crippen molar-refractivity contribution in [1.82, 2.24) is 4.72 Å². The second-order valence-electron chi connectivity index (χ2n) is 4.48. The van der Waals surface area contributed by atoms with Crippen molar-refractivity contribution in [3.8, 4) is 0 Å². The smallest absolute Gasteiger partial charge is 0.244 e. The molecule has 1 atom stereocenters. The fourth-order valence-corrected chi connectivity index (χ4v) is 3.83. The summed E-state index contributed by atoms with van der Waals surface area (Å²) in [5, 5.41) is 0.129. The summed E-state index contributed by atoms with van der Waals surface area (Å²) in [5.74, 6) is 0. The highest BCUT2D eigenvalue weighted by atomic mass is 35.5. The Morgan fingerprint density at radius 1 is 1.47 bits per heavy atom. The van der Waals surface area contributed by atoms with Gasteiger partial charge in [-0.25, -0.2) is 13.1 Å². The molecule has 0 aromatic heterocycles. The molecule has 1 heterocycles. The van der Waals surface area contributed by atoms with Crippen molar-refractivity contribution in [2.75, 3.05) is 18.9 Å². The highest BCUT2D eigenvalue weighted by Gasteiger charge is 2.22. The van der Waals surface area contributed by atoms with Crippen LogP contribution in [0.1, 0.15) is 19.3 Å². The van der Waals surface area contributed by atoms with E-state index in [1.165, 1.54) is 12.1 Å². The SMILES string of the molecule is Nc1cccc(Cl)c1S(=O)(=O)NCCC1CCCO1. The maximum Gasteiger partial charge on any atom is 0.244 e. The molecule has 1 aromatic rings. The largest absolute Gasteiger partial charge is 0.398 e. The number of anilines is 1. The zero-order valence-corrected chi connectivity index (χ0v) is 12.0. The molecule has 1 aliphatic heterocycles. The van der Waals surface area contributed by atoms with Gasteiger partial charge in [-0.3, -0.25) is 0 Å². The van der Waals surface area contributed by atoms with Crippen LogP contribution in [0.3, 0.4) is 0 Å². The van der Waals surface area contributed by atoms with Crippen LogP contribution in [0.4, 0.5) is 5.69 Å². The maximum absolute atomic E-state index is 12.1. The summed E-state index contributed by atoms with van der Waals surface area (Å²) in [7, 11) is -3.68. The molecule has 19 heavy (non-hydrogen) atoms. The summed E-state index contributed by atoms with van der Waals surface area (Å²) in [6.07, 6.45) is 2.82. The average Bonchev–Trinajstić information content (AvgIpc) is 2.81. The molecule has 3 N–H and O–H groups in total. The van der Waals surface area contributed by atoms with Crippen LogP contribution in [0.5, 0.6) is 0 Å². The van der Waals surface area contributed by atoms with Gasteiger partial charge in [-0.05, 0) is 31.4 Å². The van der Waals surface area contributed by atoms with Crippen molar-refractivity contribution in [2.45, 2.75) is 30.3 Å². The zero-order valence-electron chi connectivity index (χ0n) is 10.4. The number of nitrogens with two attached hydrogens (primary N) is 1. The Bertz CT molecular complexity index is 522. The van der Waals surface area contributed by atoms with Crippen LogP contribution < -0.4 is 10.5 Å². The van der Waals surface area contributed by atoms with Gasteiger partial charge >= 0.3 is 0 Å². The third-order valence-corrected chi connectivity index (χ3v) is 5.05. The fraction of sp³-hybridized carbons (Fsp3) is 0.500. The van der Waals surface area contributed by atoms with Crippen molar-refractivity contribution in [3.63, 3.8) is 0 Å². The monoisotopic (exact) mass is 304 g/mol. The first-order valence-electron chi connectivity index (χ1n) is 6.16. The second kappa shape index (κ2) is 6.09. The lowest BCUT2D eigenvalue weighted by Crippen LogP contribution is -2.28. The molecule has 7 heteroatoms. The molecule has 1 saturated heterocycles. The van der Waals surface area contributed by atoms with E-state index in [0.717, 1.165) is 19.4 Å². The lowest BCUT2D eigenvalue weighted by molar-refractivity contribution is 0.105. The molecule has 0 amide bonds. The number of rotatable bonds is 5. The van der Waals surface area contributed by atoms with Crippen molar-refractivity contribution in [1.29, 1.82) is 0 Å². The molecular formula is C12H17ClN2O3S. The van der Waals surface area contributed by atoms with Crippen molar-refractivity contribution in [3.05, 3.63) is 23.2 Å². The predicted octanol–water partition coefficient (Wildman–Crippen LogP) is 1.77. The van der Waals surface area contributed by atoms with E-state index in [0.29, 0.717) is 13.0 Å². The number of nitrogens with one attached hydrogen (secondary N) is 1. The normalized spacial score (nSPS) is 19.7. The first kappa shape index (κ1) is 14.6. The Morgan fingerprint density at radius 2 is 2.26 bits per heavy atom. The molecule has 0 aliphatic carbocycles. The first-order valence-corrected chi connectivity index (χ1v) is 8.02. The van der Waals surface area contributed by atoms with Crippen LogP contribution in [0.2, 0.25) is 5.02 Å². The lowest BCUT2D eigenvalue weighted by atomic mass is 10.2. The van der Waals surface area contributed by atoms with Crippen LogP contribution in [0.15, 0.2) is 23.1 Å². The summed E-state index contributed by atoms with van der Waals surface area (Å²) in [4.78, 5) is -0.0518. The molecule has 0 saturated carbocycles. The molecule has 2 rings (SSSR count). The summed E-state index contributed by atoms with van der Waals surface area (Å²) in [6, 6.07) is 4.64. The van der Waals surface area contributed by atoms with Gasteiger partial charge in [-0.1, -0.05) is 17.7 Å². The molecule has 106 valence electrons. The molecule has 0 radical (unpaired) electrons. The Labute approximate surface area is 118 Å². The second-order valence-corrected chi connectivity index (χ2v) is 6.59. The average molecular weight is 305 g/mol. The minimum absolute atomic E-state index is 0.0518. The number of hydrogen-bond donors (Lipinski definition) is 2. The van der Waals surface area contributed by atoms with Crippen LogP contribution in [-0.2, 0) is 14.8 Å². The topological polar surface area (TPSA) is 81.4 Å². The van der Waals surface area contributed by atoms with Gasteiger partial charge in [0.05, 0.1) is 16.8 Å². The molecule has 0 bridgehead atoms. The Hall–Kier alpha value is -0.820. The summed E-state index contributed by atoms with van der Waals surface area (Å²) >= 11 is 5.90. The van der Waals surface area contributed by atoms with Gasteiger partial charge in [0.15, 0.2) is 0 Å². The number of nitrogen functional groups attached to an aromatic ring is 1. The van der Waals surface area contributed by atoms with E-state index >= 15 is 0 Å². The van der Waals surface area contributed by atoms with Crippen molar-refractivity contribution >= 4 is 27.3 Å². The van der Waals surface area contributed by atoms with E-state index in [1.807, 2.05) is 0 Å². The molecule has 1 fully saturated rings.